The summed E-state index contributed by atoms with van der Waals surface area (Å²) in [6.07, 6.45) is 2.71. The van der Waals surface area contributed by atoms with Crippen LogP contribution in [0.2, 0.25) is 5.02 Å². The van der Waals surface area contributed by atoms with Crippen molar-refractivity contribution in [3.8, 4) is 23.1 Å². The first-order chi connectivity index (χ1) is 31.6. The Morgan fingerprint density at radius 1 is 1.00 bits per heavy atom. The third-order valence-corrected chi connectivity index (χ3v) is 12.1. The number of halogens is 1. The van der Waals surface area contributed by atoms with E-state index in [1.165, 1.54) is 16.2 Å². The maximum Gasteiger partial charge on any atom is 0.259 e. The second-order valence-corrected chi connectivity index (χ2v) is 17.8. The number of aliphatic hydroxyl groups is 1. The van der Waals surface area contributed by atoms with E-state index in [0.29, 0.717) is 54.1 Å². The van der Waals surface area contributed by atoms with E-state index in [1.54, 1.807) is 50.8 Å². The number of nitrogens with zero attached hydrogens (tertiary/aromatic N) is 5. The number of oxazole rings is 1. The van der Waals surface area contributed by atoms with E-state index in [-0.39, 0.29) is 55.5 Å². The molecular weight excluding hydrogens is 886 g/mol. The van der Waals surface area contributed by atoms with Gasteiger partial charge in [0.05, 0.1) is 34.7 Å². The molecule has 3 heterocycles. The highest BCUT2D eigenvalue weighted by Gasteiger charge is 2.50. The van der Waals surface area contributed by atoms with Crippen molar-refractivity contribution >= 4 is 63.9 Å². The van der Waals surface area contributed by atoms with Crippen molar-refractivity contribution in [1.29, 1.82) is 5.26 Å². The lowest BCUT2D eigenvalue weighted by atomic mass is 10.0. The van der Waals surface area contributed by atoms with Crippen molar-refractivity contribution < 1.29 is 42.9 Å². The van der Waals surface area contributed by atoms with Crippen molar-refractivity contribution in [2.45, 2.75) is 90.6 Å². The molecule has 1 aromatic heterocycles. The van der Waals surface area contributed by atoms with Crippen LogP contribution in [0.4, 0.5) is 11.4 Å². The lowest BCUT2D eigenvalue weighted by Gasteiger charge is -2.30. The number of hydrogen-bond acceptors (Lipinski definition) is 12. The smallest absolute Gasteiger partial charge is 0.259 e. The zero-order valence-electron chi connectivity index (χ0n) is 37.8. The van der Waals surface area contributed by atoms with Crippen molar-refractivity contribution in [3.63, 3.8) is 0 Å². The van der Waals surface area contributed by atoms with Crippen LogP contribution in [0.15, 0.2) is 77.5 Å². The number of anilines is 2. The molecule has 2 fully saturated rings. The van der Waals surface area contributed by atoms with E-state index in [1.807, 2.05) is 61.5 Å². The van der Waals surface area contributed by atoms with E-state index in [2.05, 4.69) is 15.6 Å². The number of aryl methyl sites for hydroxylation is 1. The van der Waals surface area contributed by atoms with Gasteiger partial charge >= 0.3 is 0 Å². The number of benzene rings is 3. The van der Waals surface area contributed by atoms with Gasteiger partial charge in [0.2, 0.25) is 17.7 Å². The van der Waals surface area contributed by atoms with Gasteiger partial charge in [0.1, 0.15) is 36.0 Å². The highest BCUT2D eigenvalue weighted by atomic mass is 35.5. The number of aliphatic hydroxyl groups excluding tert-OH is 1. The summed E-state index contributed by atoms with van der Waals surface area (Å²) in [7, 11) is 0. The predicted octanol–water partition coefficient (Wildman–Crippen LogP) is 6.09. The zero-order chi connectivity index (χ0) is 47.5. The average Bonchev–Trinajstić information content (AvgIpc) is 3.96. The number of thiocarbonyl (C=S) groups is 1. The summed E-state index contributed by atoms with van der Waals surface area (Å²) in [4.78, 5) is 62.1. The molecule has 350 valence electrons. The lowest BCUT2D eigenvalue weighted by Crippen LogP contribution is -2.55. The molecule has 2 aliphatic rings. The molecule has 0 radical (unpaired) electrons. The van der Waals surface area contributed by atoms with Crippen molar-refractivity contribution in [3.05, 3.63) is 95.0 Å². The van der Waals surface area contributed by atoms with Crippen LogP contribution in [0.25, 0.3) is 11.3 Å². The Balaban J connectivity index is 0.843. The largest absolute Gasteiger partial charge is 0.494 e. The van der Waals surface area contributed by atoms with E-state index >= 15 is 0 Å². The van der Waals surface area contributed by atoms with Crippen LogP contribution in [0.5, 0.6) is 5.75 Å². The summed E-state index contributed by atoms with van der Waals surface area (Å²) >= 11 is 12.0. The number of ether oxygens (including phenoxy) is 3. The molecular formula is C48H56ClN7O9S. The molecule has 3 N–H and O–H groups in total. The van der Waals surface area contributed by atoms with Gasteiger partial charge in [0, 0.05) is 50.6 Å². The second-order valence-electron chi connectivity index (χ2n) is 17.0. The number of carbonyl (C=O) groups excluding carboxylic acids is 4. The molecule has 0 aliphatic carbocycles. The molecule has 3 aromatic carbocycles. The first kappa shape index (κ1) is 49.5. The Morgan fingerprint density at radius 2 is 1.68 bits per heavy atom. The Morgan fingerprint density at radius 3 is 2.35 bits per heavy atom. The molecule has 2 saturated heterocycles. The van der Waals surface area contributed by atoms with Gasteiger partial charge < -0.3 is 44.2 Å². The van der Waals surface area contributed by atoms with Gasteiger partial charge in [0.15, 0.2) is 17.3 Å². The third kappa shape index (κ3) is 11.9. The molecule has 18 heteroatoms. The minimum Gasteiger partial charge on any atom is -0.494 e. The molecule has 0 spiro atoms. The van der Waals surface area contributed by atoms with Crippen LogP contribution in [0.1, 0.15) is 70.2 Å². The Kier molecular flexibility index (Phi) is 16.9. The first-order valence-electron chi connectivity index (χ1n) is 21.9. The lowest BCUT2D eigenvalue weighted by molar-refractivity contribution is -0.143. The Labute approximate surface area is 395 Å². The summed E-state index contributed by atoms with van der Waals surface area (Å²) in [5.41, 5.74) is 3.05. The molecule has 2 aliphatic heterocycles. The van der Waals surface area contributed by atoms with Crippen LogP contribution >= 0.6 is 23.8 Å². The maximum atomic E-state index is 13.7. The highest BCUT2D eigenvalue weighted by Crippen LogP contribution is 2.38. The van der Waals surface area contributed by atoms with Crippen LogP contribution < -0.4 is 25.2 Å². The molecule has 4 amide bonds. The first-order valence-corrected chi connectivity index (χ1v) is 22.7. The number of β-amino-alcohol motifs (C(OH)–C–C–N with tert-alkyl or cyclic N) is 1. The van der Waals surface area contributed by atoms with Crippen LogP contribution in [-0.2, 0) is 35.2 Å². The molecule has 0 unspecified atom stereocenters. The SMILES string of the molecule is Cc1ncoc1-c1ccc(CNC(=O)[C@@H]2C[C@@H](O)CN2C(=O)[C@@H](NC(=O)COCCCOCCCCOc2ccc(N3C(=S)N(c4ccc(C#N)c(Cl)c4)C(=O)C3(C)C)cc2)C(C)C)cc1. The fourth-order valence-electron chi connectivity index (χ4n) is 7.78. The van der Waals surface area contributed by atoms with E-state index < -0.39 is 35.5 Å². The second kappa shape index (κ2) is 22.5. The minimum absolute atomic E-state index is 0.0163. The van der Waals surface area contributed by atoms with Crippen LogP contribution in [0.3, 0.4) is 0 Å². The molecule has 66 heavy (non-hydrogen) atoms. The highest BCUT2D eigenvalue weighted by molar-refractivity contribution is 7.81. The van der Waals surface area contributed by atoms with Gasteiger partial charge in [0.25, 0.3) is 5.91 Å². The van der Waals surface area contributed by atoms with Crippen molar-refractivity contribution in [2.75, 3.05) is 49.4 Å². The number of nitriles is 1. The fourth-order valence-corrected chi connectivity index (χ4v) is 8.52. The predicted molar refractivity (Wildman–Crippen MR) is 252 cm³/mol. The maximum absolute atomic E-state index is 13.7. The number of likely N-dealkylation sites (tertiary alicyclic amines) is 1. The van der Waals surface area contributed by atoms with E-state index in [4.69, 9.17) is 42.4 Å². The average molecular weight is 943 g/mol. The van der Waals surface area contributed by atoms with Crippen LogP contribution in [0, 0.1) is 24.2 Å². The number of carbonyl (C=O) groups is 4. The van der Waals surface area contributed by atoms with E-state index in [0.717, 1.165) is 35.3 Å². The number of rotatable bonds is 21. The van der Waals surface area contributed by atoms with Crippen molar-refractivity contribution in [2.24, 2.45) is 5.92 Å². The monoisotopic (exact) mass is 941 g/mol. The summed E-state index contributed by atoms with van der Waals surface area (Å²) < 4.78 is 22.7. The third-order valence-electron chi connectivity index (χ3n) is 11.4. The normalized spacial score (nSPS) is 17.3. The molecule has 0 bridgehead atoms. The molecule has 16 nitrogen and oxygen atoms in total. The summed E-state index contributed by atoms with van der Waals surface area (Å²) in [6, 6.07) is 19.9. The molecule has 6 rings (SSSR count). The number of hydrogen-bond donors (Lipinski definition) is 3. The van der Waals surface area contributed by atoms with Gasteiger partial charge in [-0.2, -0.15) is 5.26 Å². The van der Waals surface area contributed by atoms with E-state index in [9.17, 15) is 29.5 Å². The van der Waals surface area contributed by atoms with Gasteiger partial charge in [-0.25, -0.2) is 4.98 Å². The molecule has 4 aromatic rings. The summed E-state index contributed by atoms with van der Waals surface area (Å²) in [6.45, 7) is 10.8. The number of amides is 4. The van der Waals surface area contributed by atoms with Gasteiger partial charge in [-0.15, -0.1) is 0 Å². The number of aromatic nitrogens is 1. The van der Waals surface area contributed by atoms with Gasteiger partial charge in [-0.05, 0) is 106 Å². The number of unbranched alkanes of at least 4 members (excludes halogenated alkanes) is 1. The van der Waals surface area contributed by atoms with Gasteiger partial charge in [-0.3, -0.25) is 24.1 Å². The topological polar surface area (TPSA) is 200 Å². The zero-order valence-corrected chi connectivity index (χ0v) is 39.3. The quantitative estimate of drug-likeness (QED) is 0.0641. The summed E-state index contributed by atoms with van der Waals surface area (Å²) in [5.74, 6) is -0.442. The van der Waals surface area contributed by atoms with Crippen LogP contribution in [-0.4, -0.2) is 107 Å². The van der Waals surface area contributed by atoms with Crippen molar-refractivity contribution in [1.82, 2.24) is 20.5 Å². The minimum atomic E-state index is -0.968. The summed E-state index contributed by atoms with van der Waals surface area (Å²) in [5, 5.41) is 25.9. The Bertz CT molecular complexity index is 2400. The van der Waals surface area contributed by atoms with Gasteiger partial charge in [-0.1, -0.05) is 49.7 Å². The number of nitrogens with one attached hydrogen (secondary N) is 2. The fraction of sp³-hybridized carbons (Fsp3) is 0.438. The Hall–Kier alpha value is -5.90. The molecule has 3 atom stereocenters. The standard InChI is InChI=1S/C48H56ClN7O9S/c1-30(2)42(45(60)54-27-37(57)24-40(54)44(59)51-26-32-9-11-33(12-10-32)43-31(3)52-29-65-43)53-41(58)28-63-21-8-20-62-19-6-7-22-64-38-17-15-35(16-18-38)56-47(66)55(46(61)48(56,4)5)36-14-13-34(25-50)39(49)23-36/h9-18,23,29-30,37,40,42,57H,6-8,19-22,24,26-28H2,1-5H3,(H,51,59)(H,53,58)/t37-,40+,42+/m1/s1. The molecule has 0 saturated carbocycles.